The van der Waals surface area contributed by atoms with E-state index in [9.17, 15) is 0 Å². The Labute approximate surface area is 121 Å². The van der Waals surface area contributed by atoms with E-state index in [1.807, 2.05) is 12.1 Å². The highest BCUT2D eigenvalue weighted by Gasteiger charge is 2.23. The molecule has 1 aliphatic rings. The molecule has 1 N–H and O–H groups in total. The summed E-state index contributed by atoms with van der Waals surface area (Å²) >= 11 is 6.23. The minimum atomic E-state index is 0.0704. The Hall–Kier alpha value is -0.800. The number of pyridine rings is 1. The van der Waals surface area contributed by atoms with E-state index in [2.05, 4.69) is 43.0 Å². The molecule has 1 aromatic rings. The predicted molar refractivity (Wildman–Crippen MR) is 81.8 cm³/mol. The van der Waals surface area contributed by atoms with Gasteiger partial charge in [-0.1, -0.05) is 11.6 Å². The van der Waals surface area contributed by atoms with E-state index in [-0.39, 0.29) is 5.54 Å². The first-order valence-corrected chi connectivity index (χ1v) is 7.34. The van der Waals surface area contributed by atoms with Crippen molar-refractivity contribution in [3.8, 4) is 0 Å². The molecule has 0 amide bonds. The van der Waals surface area contributed by atoms with Crippen LogP contribution in [0.4, 0.5) is 5.82 Å². The molecular weight excluding hydrogens is 258 g/mol. The van der Waals surface area contributed by atoms with Gasteiger partial charge in [0.2, 0.25) is 0 Å². The molecule has 1 saturated carbocycles. The highest BCUT2D eigenvalue weighted by molar-refractivity contribution is 6.31. The molecule has 0 spiro atoms. The van der Waals surface area contributed by atoms with Crippen LogP contribution in [0.3, 0.4) is 0 Å². The van der Waals surface area contributed by atoms with E-state index in [1.54, 1.807) is 0 Å². The van der Waals surface area contributed by atoms with Crippen molar-refractivity contribution in [1.29, 1.82) is 0 Å². The summed E-state index contributed by atoms with van der Waals surface area (Å²) in [4.78, 5) is 6.92. The molecule has 0 aliphatic heterocycles. The molecule has 1 heterocycles. The highest BCUT2D eigenvalue weighted by atomic mass is 35.5. The van der Waals surface area contributed by atoms with E-state index < -0.39 is 0 Å². The van der Waals surface area contributed by atoms with Gasteiger partial charge < -0.3 is 10.2 Å². The van der Waals surface area contributed by atoms with Crippen LogP contribution in [-0.2, 0) is 6.54 Å². The summed E-state index contributed by atoms with van der Waals surface area (Å²) in [6.45, 7) is 8.23. The van der Waals surface area contributed by atoms with Crippen LogP contribution in [0.5, 0.6) is 0 Å². The summed E-state index contributed by atoms with van der Waals surface area (Å²) in [6.07, 6.45) is 2.72. The van der Waals surface area contributed by atoms with Crippen LogP contribution >= 0.6 is 11.6 Å². The smallest absolute Gasteiger partial charge is 0.128 e. The normalized spacial score (nSPS) is 15.6. The number of hydrogen-bond acceptors (Lipinski definition) is 3. The lowest BCUT2D eigenvalue weighted by atomic mass is 10.1. The molecule has 19 heavy (non-hydrogen) atoms. The van der Waals surface area contributed by atoms with Gasteiger partial charge in [0.05, 0.1) is 10.7 Å². The van der Waals surface area contributed by atoms with Crippen molar-refractivity contribution in [3.05, 3.63) is 22.8 Å². The molecule has 3 nitrogen and oxygen atoms in total. The van der Waals surface area contributed by atoms with Gasteiger partial charge in [0.1, 0.15) is 5.82 Å². The van der Waals surface area contributed by atoms with Crippen LogP contribution in [0, 0.1) is 5.92 Å². The second-order valence-corrected chi connectivity index (χ2v) is 6.93. The Kier molecular flexibility index (Phi) is 4.36. The van der Waals surface area contributed by atoms with Gasteiger partial charge in [-0.15, -0.1) is 0 Å². The number of anilines is 1. The van der Waals surface area contributed by atoms with Gasteiger partial charge in [0.15, 0.2) is 0 Å². The third-order valence-electron chi connectivity index (χ3n) is 3.31. The Morgan fingerprint density at radius 3 is 2.63 bits per heavy atom. The summed E-state index contributed by atoms with van der Waals surface area (Å²) in [6, 6.07) is 3.96. The van der Waals surface area contributed by atoms with Crippen molar-refractivity contribution in [2.45, 2.75) is 45.7 Å². The molecule has 4 heteroatoms. The summed E-state index contributed by atoms with van der Waals surface area (Å²) in [7, 11) is 2.11. The maximum absolute atomic E-state index is 6.23. The zero-order valence-electron chi connectivity index (χ0n) is 12.3. The van der Waals surface area contributed by atoms with Crippen molar-refractivity contribution in [3.63, 3.8) is 0 Å². The third-order valence-corrected chi connectivity index (χ3v) is 3.65. The molecule has 0 atom stereocenters. The van der Waals surface area contributed by atoms with Gasteiger partial charge in [-0.05, 0) is 51.7 Å². The van der Waals surface area contributed by atoms with Gasteiger partial charge in [-0.2, -0.15) is 0 Å². The fraction of sp³-hybridized carbons (Fsp3) is 0.667. The van der Waals surface area contributed by atoms with Crippen LogP contribution < -0.4 is 10.2 Å². The highest BCUT2D eigenvalue weighted by Crippen LogP contribution is 2.30. The Morgan fingerprint density at radius 1 is 1.37 bits per heavy atom. The molecule has 0 radical (unpaired) electrons. The van der Waals surface area contributed by atoms with E-state index in [1.165, 1.54) is 12.8 Å². The minimum Gasteiger partial charge on any atom is -0.359 e. The van der Waals surface area contributed by atoms with Crippen molar-refractivity contribution >= 4 is 17.4 Å². The largest absolute Gasteiger partial charge is 0.359 e. The van der Waals surface area contributed by atoms with Crippen molar-refractivity contribution in [2.24, 2.45) is 5.92 Å². The lowest BCUT2D eigenvalue weighted by molar-refractivity contribution is 0.421. The summed E-state index contributed by atoms with van der Waals surface area (Å²) < 4.78 is 0. The average Bonchev–Trinajstić information content (AvgIpc) is 3.10. The van der Waals surface area contributed by atoms with Crippen LogP contribution in [-0.4, -0.2) is 24.1 Å². The maximum Gasteiger partial charge on any atom is 0.128 e. The van der Waals surface area contributed by atoms with Gasteiger partial charge in [-0.3, -0.25) is 0 Å². The quantitative estimate of drug-likeness (QED) is 0.896. The Bertz CT molecular complexity index is 436. The average molecular weight is 282 g/mol. The molecule has 0 saturated heterocycles. The molecule has 0 bridgehead atoms. The fourth-order valence-corrected chi connectivity index (χ4v) is 2.11. The number of nitrogens with one attached hydrogen (secondary N) is 1. The number of halogens is 1. The fourth-order valence-electron chi connectivity index (χ4n) is 1.94. The van der Waals surface area contributed by atoms with E-state index in [4.69, 9.17) is 11.6 Å². The molecule has 0 unspecified atom stereocenters. The molecule has 1 aromatic heterocycles. The predicted octanol–water partition coefficient (Wildman–Crippen LogP) is 3.47. The molecular formula is C15H24ClN3. The number of nitrogens with zero attached hydrogens (tertiary/aromatic N) is 2. The number of aromatic nitrogens is 1. The molecule has 106 valence electrons. The van der Waals surface area contributed by atoms with Crippen LogP contribution in [0.1, 0.15) is 39.3 Å². The van der Waals surface area contributed by atoms with E-state index in [0.29, 0.717) is 6.54 Å². The zero-order valence-corrected chi connectivity index (χ0v) is 13.1. The lowest BCUT2D eigenvalue weighted by Gasteiger charge is -2.22. The molecule has 2 rings (SSSR count). The second-order valence-electron chi connectivity index (χ2n) is 6.53. The van der Waals surface area contributed by atoms with Gasteiger partial charge in [0.25, 0.3) is 0 Å². The molecule has 1 fully saturated rings. The van der Waals surface area contributed by atoms with Crippen molar-refractivity contribution < 1.29 is 0 Å². The SMILES string of the molecule is CN(CC1CC1)c1ccc(Cl)c(CNC(C)(C)C)n1. The standard InChI is InChI=1S/C15H24ClN3/c1-15(2,3)17-9-13-12(16)7-8-14(18-13)19(4)10-11-5-6-11/h7-8,11,17H,5-6,9-10H2,1-4H3. The maximum atomic E-state index is 6.23. The van der Waals surface area contributed by atoms with E-state index >= 15 is 0 Å². The Balaban J connectivity index is 2.05. The first kappa shape index (κ1) is 14.6. The monoisotopic (exact) mass is 281 g/mol. The topological polar surface area (TPSA) is 28.2 Å². The Morgan fingerprint density at radius 2 is 2.05 bits per heavy atom. The second kappa shape index (κ2) is 5.68. The molecule has 0 aromatic carbocycles. The van der Waals surface area contributed by atoms with Gasteiger partial charge >= 0.3 is 0 Å². The van der Waals surface area contributed by atoms with Gasteiger partial charge in [-0.25, -0.2) is 4.98 Å². The van der Waals surface area contributed by atoms with Gasteiger partial charge in [0, 0.05) is 25.7 Å². The van der Waals surface area contributed by atoms with E-state index in [0.717, 1.165) is 29.0 Å². The van der Waals surface area contributed by atoms with Crippen LogP contribution in [0.25, 0.3) is 0 Å². The summed E-state index contributed by atoms with van der Waals surface area (Å²) in [5, 5.41) is 4.17. The third kappa shape index (κ3) is 4.66. The summed E-state index contributed by atoms with van der Waals surface area (Å²) in [5.74, 6) is 1.88. The van der Waals surface area contributed by atoms with Crippen molar-refractivity contribution in [2.75, 3.05) is 18.5 Å². The number of rotatable bonds is 5. The number of hydrogen-bond donors (Lipinski definition) is 1. The molecule has 1 aliphatic carbocycles. The summed E-state index contributed by atoms with van der Waals surface area (Å²) in [5.41, 5.74) is 0.998. The van der Waals surface area contributed by atoms with Crippen molar-refractivity contribution in [1.82, 2.24) is 10.3 Å². The van der Waals surface area contributed by atoms with Crippen LogP contribution in [0.2, 0.25) is 5.02 Å². The minimum absolute atomic E-state index is 0.0704. The zero-order chi connectivity index (χ0) is 14.0. The lowest BCUT2D eigenvalue weighted by Crippen LogP contribution is -2.35. The first-order chi connectivity index (χ1) is 8.85. The first-order valence-electron chi connectivity index (χ1n) is 6.97. The van der Waals surface area contributed by atoms with Crippen LogP contribution in [0.15, 0.2) is 12.1 Å².